The smallest absolute Gasteiger partial charge is 0.341 e. The molecule has 2 aromatic rings. The van der Waals surface area contributed by atoms with Crippen LogP contribution in [0.1, 0.15) is 54.4 Å². The molecule has 156 valence electrons. The van der Waals surface area contributed by atoms with E-state index in [0.717, 1.165) is 36.1 Å². The van der Waals surface area contributed by atoms with Crippen LogP contribution >= 0.6 is 11.3 Å². The highest BCUT2D eigenvalue weighted by Crippen LogP contribution is 2.41. The number of rotatable bonds is 7. The van der Waals surface area contributed by atoms with Gasteiger partial charge in [0.25, 0.3) is 5.91 Å². The zero-order valence-corrected chi connectivity index (χ0v) is 17.7. The van der Waals surface area contributed by atoms with E-state index in [9.17, 15) is 14.0 Å². The maximum Gasteiger partial charge on any atom is 0.341 e. The Morgan fingerprint density at radius 2 is 2.00 bits per heavy atom. The molecule has 5 nitrogen and oxygen atoms in total. The number of benzene rings is 1. The molecule has 1 heterocycles. The first-order valence-corrected chi connectivity index (χ1v) is 10.8. The van der Waals surface area contributed by atoms with Crippen LogP contribution in [0.25, 0.3) is 0 Å². The van der Waals surface area contributed by atoms with Gasteiger partial charge in [-0.2, -0.15) is 0 Å². The summed E-state index contributed by atoms with van der Waals surface area (Å²) in [6.07, 6.45) is 3.05. The van der Waals surface area contributed by atoms with Gasteiger partial charge in [0.15, 0.2) is 6.10 Å². The fourth-order valence-electron chi connectivity index (χ4n) is 3.49. The van der Waals surface area contributed by atoms with E-state index in [1.54, 1.807) is 13.8 Å². The molecule has 3 rings (SSSR count). The summed E-state index contributed by atoms with van der Waals surface area (Å²) in [6.45, 7) is 5.83. The number of ether oxygens (including phenoxy) is 2. The maximum atomic E-state index is 13.0. The van der Waals surface area contributed by atoms with Crippen LogP contribution in [-0.2, 0) is 22.4 Å². The van der Waals surface area contributed by atoms with Crippen LogP contribution in [0.3, 0.4) is 0 Å². The van der Waals surface area contributed by atoms with E-state index < -0.39 is 12.1 Å². The first kappa shape index (κ1) is 21.3. The number of fused-ring (bicyclic) bond motifs is 1. The van der Waals surface area contributed by atoms with Crippen molar-refractivity contribution < 1.29 is 23.5 Å². The Kier molecular flexibility index (Phi) is 6.90. The molecule has 1 N–H and O–H groups in total. The molecule has 0 unspecified atom stereocenters. The van der Waals surface area contributed by atoms with Crippen LogP contribution in [-0.4, -0.2) is 24.6 Å². The summed E-state index contributed by atoms with van der Waals surface area (Å²) >= 11 is 1.45. The van der Waals surface area contributed by atoms with E-state index in [2.05, 4.69) is 12.2 Å². The van der Waals surface area contributed by atoms with E-state index in [1.165, 1.54) is 35.6 Å². The summed E-state index contributed by atoms with van der Waals surface area (Å²) < 4.78 is 23.9. The zero-order chi connectivity index (χ0) is 21.0. The quantitative estimate of drug-likeness (QED) is 0.643. The lowest BCUT2D eigenvalue weighted by Gasteiger charge is -2.21. The second-order valence-corrected chi connectivity index (χ2v) is 8.25. The maximum absolute atomic E-state index is 13.0. The van der Waals surface area contributed by atoms with Crippen molar-refractivity contribution in [1.82, 2.24) is 0 Å². The van der Waals surface area contributed by atoms with Gasteiger partial charge in [-0.3, -0.25) is 4.79 Å². The molecule has 1 aliphatic rings. The van der Waals surface area contributed by atoms with Crippen LogP contribution in [0.15, 0.2) is 24.3 Å². The molecule has 29 heavy (non-hydrogen) atoms. The number of carbonyl (C=O) groups is 2. The van der Waals surface area contributed by atoms with Crippen LogP contribution in [0, 0.1) is 11.7 Å². The summed E-state index contributed by atoms with van der Waals surface area (Å²) in [5.74, 6) is -0.146. The molecule has 1 aromatic heterocycles. The highest BCUT2D eigenvalue weighted by atomic mass is 32.1. The van der Waals surface area contributed by atoms with Crippen LogP contribution in [0.5, 0.6) is 5.75 Å². The molecule has 0 fully saturated rings. The molecule has 0 saturated heterocycles. The minimum absolute atomic E-state index is 0.276. The lowest BCUT2D eigenvalue weighted by molar-refractivity contribution is -0.122. The fraction of sp³-hybridized carbons (Fsp3) is 0.455. The predicted molar refractivity (Wildman–Crippen MR) is 111 cm³/mol. The minimum atomic E-state index is -0.807. The molecule has 0 aliphatic heterocycles. The number of halogens is 1. The lowest BCUT2D eigenvalue weighted by Crippen LogP contribution is -2.30. The highest BCUT2D eigenvalue weighted by Gasteiger charge is 2.30. The van der Waals surface area contributed by atoms with Gasteiger partial charge in [0.2, 0.25) is 0 Å². The van der Waals surface area contributed by atoms with Gasteiger partial charge >= 0.3 is 5.97 Å². The molecule has 0 spiro atoms. The monoisotopic (exact) mass is 419 g/mol. The average molecular weight is 420 g/mol. The molecule has 0 saturated carbocycles. The molecule has 2 atom stereocenters. The molecule has 0 bridgehead atoms. The van der Waals surface area contributed by atoms with Crippen molar-refractivity contribution in [3.05, 3.63) is 46.1 Å². The van der Waals surface area contributed by atoms with E-state index in [4.69, 9.17) is 9.47 Å². The van der Waals surface area contributed by atoms with Crippen LogP contribution < -0.4 is 10.1 Å². The molecular formula is C22H26FNO4S. The number of nitrogens with one attached hydrogen (secondary N) is 1. The number of thiophene rings is 1. The summed E-state index contributed by atoms with van der Waals surface area (Å²) in [5.41, 5.74) is 1.48. The molecule has 0 radical (unpaired) electrons. The number of anilines is 1. The molecule has 1 aromatic carbocycles. The third-order valence-electron chi connectivity index (χ3n) is 5.16. The van der Waals surface area contributed by atoms with E-state index in [1.807, 2.05) is 0 Å². The van der Waals surface area contributed by atoms with Crippen LogP contribution in [0.4, 0.5) is 9.39 Å². The molecular weight excluding hydrogens is 393 g/mol. The van der Waals surface area contributed by atoms with Gasteiger partial charge < -0.3 is 14.8 Å². The van der Waals surface area contributed by atoms with Gasteiger partial charge in [-0.05, 0) is 68.9 Å². The number of hydrogen-bond donors (Lipinski definition) is 1. The Morgan fingerprint density at radius 1 is 1.28 bits per heavy atom. The van der Waals surface area contributed by atoms with Crippen molar-refractivity contribution >= 4 is 28.2 Å². The number of hydrogen-bond acceptors (Lipinski definition) is 5. The normalized spacial score (nSPS) is 16.6. The van der Waals surface area contributed by atoms with Gasteiger partial charge in [0.05, 0.1) is 12.2 Å². The Bertz CT molecular complexity index is 878. The predicted octanol–water partition coefficient (Wildman–Crippen LogP) is 4.98. The Balaban J connectivity index is 1.79. The summed E-state index contributed by atoms with van der Waals surface area (Å²) in [5, 5.41) is 3.37. The second kappa shape index (κ2) is 9.39. The van der Waals surface area contributed by atoms with Crippen molar-refractivity contribution in [2.24, 2.45) is 5.92 Å². The van der Waals surface area contributed by atoms with Gasteiger partial charge in [0, 0.05) is 4.88 Å². The summed E-state index contributed by atoms with van der Waals surface area (Å²) in [4.78, 5) is 26.4. The largest absolute Gasteiger partial charge is 0.481 e. The van der Waals surface area contributed by atoms with E-state index in [-0.39, 0.29) is 18.3 Å². The van der Waals surface area contributed by atoms with Crippen molar-refractivity contribution in [3.63, 3.8) is 0 Å². The van der Waals surface area contributed by atoms with Gasteiger partial charge in [-0.1, -0.05) is 13.3 Å². The van der Waals surface area contributed by atoms with Gasteiger partial charge in [-0.15, -0.1) is 11.3 Å². The zero-order valence-electron chi connectivity index (χ0n) is 16.9. The number of amides is 1. The third kappa shape index (κ3) is 4.96. The highest BCUT2D eigenvalue weighted by molar-refractivity contribution is 7.17. The summed E-state index contributed by atoms with van der Waals surface area (Å²) in [7, 11) is 0. The van der Waals surface area contributed by atoms with Crippen molar-refractivity contribution in [2.75, 3.05) is 11.9 Å². The van der Waals surface area contributed by atoms with Gasteiger partial charge in [-0.25, -0.2) is 9.18 Å². The first-order chi connectivity index (χ1) is 13.9. The molecule has 1 amide bonds. The first-order valence-electron chi connectivity index (χ1n) is 9.97. The third-order valence-corrected chi connectivity index (χ3v) is 6.33. The Hall–Kier alpha value is -2.41. The van der Waals surface area contributed by atoms with E-state index in [0.29, 0.717) is 22.2 Å². The van der Waals surface area contributed by atoms with Crippen molar-refractivity contribution in [3.8, 4) is 5.75 Å². The fourth-order valence-corrected chi connectivity index (χ4v) is 4.85. The standard InChI is InChI=1S/C22H26FNO4S/c1-4-14-6-11-17-18(12-14)29-21(19(17)22(26)27-5-2)24-20(25)13(3)28-16-9-7-15(23)8-10-16/h7-10,13-14H,4-6,11-12H2,1-3H3,(H,24,25)/t13-,14+/m1/s1. The number of carbonyl (C=O) groups excluding carboxylic acids is 2. The van der Waals surface area contributed by atoms with Crippen molar-refractivity contribution in [2.45, 2.75) is 52.6 Å². The second-order valence-electron chi connectivity index (χ2n) is 7.15. The topological polar surface area (TPSA) is 64.6 Å². The average Bonchev–Trinajstić information content (AvgIpc) is 3.06. The Labute approximate surface area is 174 Å². The van der Waals surface area contributed by atoms with Crippen molar-refractivity contribution in [1.29, 1.82) is 0 Å². The minimum Gasteiger partial charge on any atom is -0.481 e. The number of esters is 1. The SMILES string of the molecule is CCOC(=O)c1c(NC(=O)[C@@H](C)Oc2ccc(F)cc2)sc2c1CC[C@H](CC)C2. The molecule has 1 aliphatic carbocycles. The Morgan fingerprint density at radius 3 is 2.66 bits per heavy atom. The van der Waals surface area contributed by atoms with E-state index >= 15 is 0 Å². The molecule has 7 heteroatoms. The lowest BCUT2D eigenvalue weighted by atomic mass is 9.85. The van der Waals surface area contributed by atoms with Gasteiger partial charge in [0.1, 0.15) is 16.6 Å². The summed E-state index contributed by atoms with van der Waals surface area (Å²) in [6, 6.07) is 5.49. The van der Waals surface area contributed by atoms with Crippen LogP contribution in [0.2, 0.25) is 0 Å².